The van der Waals surface area contributed by atoms with E-state index in [0.29, 0.717) is 5.56 Å². The van der Waals surface area contributed by atoms with Gasteiger partial charge < -0.3 is 14.4 Å². The molecule has 1 atom stereocenters. The molecule has 3 rings (SSSR count). The highest BCUT2D eigenvalue weighted by molar-refractivity contribution is 5.97. The lowest BCUT2D eigenvalue weighted by Gasteiger charge is -2.19. The van der Waals surface area contributed by atoms with Crippen molar-refractivity contribution in [2.45, 2.75) is 25.8 Å². The van der Waals surface area contributed by atoms with Gasteiger partial charge in [-0.25, -0.2) is 13.5 Å². The normalized spacial score (nSPS) is 16.7. The maximum Gasteiger partial charge on any atom is 0.291 e. The maximum atomic E-state index is 14.4. The Bertz CT molecular complexity index is 938. The first-order valence-corrected chi connectivity index (χ1v) is 8.76. The number of halogens is 2. The van der Waals surface area contributed by atoms with Crippen LogP contribution < -0.4 is 15.2 Å². The van der Waals surface area contributed by atoms with Crippen LogP contribution in [-0.4, -0.2) is 43.1 Å². The Hall–Kier alpha value is -2.81. The minimum atomic E-state index is -0.777. The van der Waals surface area contributed by atoms with E-state index in [1.807, 2.05) is 0 Å². The summed E-state index contributed by atoms with van der Waals surface area (Å²) in [5.41, 5.74) is 0.0704. The molecule has 0 radical (unpaired) electrons. The third kappa shape index (κ3) is 3.62. The molecule has 1 aromatic carbocycles. The molecule has 1 aromatic heterocycles. The van der Waals surface area contributed by atoms with Crippen molar-refractivity contribution in [1.29, 1.82) is 0 Å². The second kappa shape index (κ2) is 8.05. The summed E-state index contributed by atoms with van der Waals surface area (Å²) >= 11 is 0. The van der Waals surface area contributed by atoms with Gasteiger partial charge in [-0.15, -0.1) is 0 Å². The van der Waals surface area contributed by atoms with Crippen molar-refractivity contribution >= 4 is 11.6 Å². The number of amides is 1. The molecule has 150 valence electrons. The Labute approximate surface area is 160 Å². The van der Waals surface area contributed by atoms with Crippen LogP contribution in [0.1, 0.15) is 23.5 Å². The number of hydrogen-bond donors (Lipinski definition) is 0. The number of ether oxygens (including phenoxy) is 2. The van der Waals surface area contributed by atoms with Gasteiger partial charge in [0.1, 0.15) is 23.1 Å². The van der Waals surface area contributed by atoms with Crippen LogP contribution in [0, 0.1) is 18.6 Å². The van der Waals surface area contributed by atoms with Gasteiger partial charge in [-0.2, -0.15) is 5.10 Å². The number of nitrogens with zero attached hydrogens (tertiary/aromatic N) is 3. The van der Waals surface area contributed by atoms with E-state index in [0.717, 1.165) is 12.1 Å². The number of carbonyl (C=O) groups is 1. The first-order valence-electron chi connectivity index (χ1n) is 8.76. The number of benzene rings is 1. The third-order valence-corrected chi connectivity index (χ3v) is 4.80. The van der Waals surface area contributed by atoms with Crippen molar-refractivity contribution < 1.29 is 23.0 Å². The van der Waals surface area contributed by atoms with Gasteiger partial charge in [-0.05, 0) is 12.5 Å². The minimum Gasteiger partial charge on any atom is -0.497 e. The molecule has 2 aromatic rings. The van der Waals surface area contributed by atoms with E-state index < -0.39 is 23.1 Å². The number of aromatic nitrogens is 2. The van der Waals surface area contributed by atoms with Gasteiger partial charge in [-0.3, -0.25) is 9.59 Å². The average Bonchev–Trinajstić information content (AvgIpc) is 3.01. The van der Waals surface area contributed by atoms with E-state index in [1.54, 1.807) is 6.92 Å². The van der Waals surface area contributed by atoms with Gasteiger partial charge in [0, 0.05) is 43.7 Å². The van der Waals surface area contributed by atoms with Crippen molar-refractivity contribution in [1.82, 2.24) is 9.78 Å². The van der Waals surface area contributed by atoms with Gasteiger partial charge >= 0.3 is 0 Å². The quantitative estimate of drug-likeness (QED) is 0.751. The van der Waals surface area contributed by atoms with Crippen LogP contribution in [0.2, 0.25) is 0 Å². The van der Waals surface area contributed by atoms with Gasteiger partial charge in [0.2, 0.25) is 5.91 Å². The number of methoxy groups -OCH3 is 2. The second-order valence-electron chi connectivity index (χ2n) is 6.61. The number of hydrogen-bond acceptors (Lipinski definition) is 5. The van der Waals surface area contributed by atoms with Gasteiger partial charge in [0.25, 0.3) is 5.56 Å². The molecule has 0 aliphatic carbocycles. The summed E-state index contributed by atoms with van der Waals surface area (Å²) in [7, 11) is 2.82. The van der Waals surface area contributed by atoms with E-state index in [-0.39, 0.29) is 49.0 Å². The molecule has 0 N–H and O–H groups in total. The van der Waals surface area contributed by atoms with Crippen LogP contribution in [0.25, 0.3) is 0 Å². The molecule has 0 saturated carbocycles. The predicted octanol–water partition coefficient (Wildman–Crippen LogP) is 2.01. The van der Waals surface area contributed by atoms with Crippen LogP contribution in [0.5, 0.6) is 5.75 Å². The Kier molecular flexibility index (Phi) is 5.73. The number of anilines is 1. The van der Waals surface area contributed by atoms with E-state index >= 15 is 0 Å². The Morgan fingerprint density at radius 3 is 2.50 bits per heavy atom. The highest BCUT2D eigenvalue weighted by atomic mass is 19.1. The van der Waals surface area contributed by atoms with E-state index in [2.05, 4.69) is 5.10 Å². The minimum absolute atomic E-state index is 0.00335. The number of carbonyl (C=O) groups excluding carboxylic acids is 1. The zero-order chi connectivity index (χ0) is 20.4. The summed E-state index contributed by atoms with van der Waals surface area (Å²) in [5.74, 6) is -2.58. The molecule has 1 aliphatic rings. The molecular weight excluding hydrogens is 372 g/mol. The fourth-order valence-corrected chi connectivity index (χ4v) is 3.41. The smallest absolute Gasteiger partial charge is 0.291 e. The maximum absolute atomic E-state index is 14.4. The Balaban J connectivity index is 1.95. The molecule has 1 saturated heterocycles. The fourth-order valence-electron chi connectivity index (χ4n) is 3.41. The van der Waals surface area contributed by atoms with E-state index in [9.17, 15) is 18.4 Å². The largest absolute Gasteiger partial charge is 0.497 e. The van der Waals surface area contributed by atoms with Gasteiger partial charge in [-0.1, -0.05) is 0 Å². The third-order valence-electron chi connectivity index (χ3n) is 4.80. The molecule has 1 aliphatic heterocycles. The molecule has 0 bridgehead atoms. The highest BCUT2D eigenvalue weighted by Crippen LogP contribution is 2.35. The molecule has 2 heterocycles. The van der Waals surface area contributed by atoms with Crippen molar-refractivity contribution in [3.05, 3.63) is 51.4 Å². The van der Waals surface area contributed by atoms with Gasteiger partial charge in [0.05, 0.1) is 26.5 Å². The topological polar surface area (TPSA) is 73.7 Å². The van der Waals surface area contributed by atoms with E-state index in [1.165, 1.54) is 30.0 Å². The zero-order valence-electron chi connectivity index (χ0n) is 15.9. The predicted molar refractivity (Wildman–Crippen MR) is 97.7 cm³/mol. The van der Waals surface area contributed by atoms with Crippen molar-refractivity contribution in [3.8, 4) is 5.75 Å². The number of aryl methyl sites for hydroxylation is 1. The molecular formula is C19H21F2N3O4. The monoisotopic (exact) mass is 393 g/mol. The molecule has 28 heavy (non-hydrogen) atoms. The van der Waals surface area contributed by atoms with Crippen LogP contribution in [0.3, 0.4) is 0 Å². The lowest BCUT2D eigenvalue weighted by Crippen LogP contribution is -2.36. The van der Waals surface area contributed by atoms with Crippen LogP contribution in [0.15, 0.2) is 23.1 Å². The lowest BCUT2D eigenvalue weighted by atomic mass is 9.97. The summed E-state index contributed by atoms with van der Waals surface area (Å²) in [6, 6.07) is 2.17. The molecule has 9 heteroatoms. The molecule has 0 spiro atoms. The van der Waals surface area contributed by atoms with Crippen LogP contribution >= 0.6 is 0 Å². The first kappa shape index (κ1) is 19.9. The van der Waals surface area contributed by atoms with Crippen molar-refractivity contribution in [2.75, 3.05) is 32.3 Å². The standard InChI is InChI=1S/C19H21F2N3O4/c1-11-9-22-24(4-5-27-2)19(26)18(11)23-10-12(6-16(23)25)17-14(20)7-13(28-3)8-15(17)21/h7-9,12H,4-6,10H2,1-3H3/t12-/m0/s1. The lowest BCUT2D eigenvalue weighted by molar-refractivity contribution is -0.117. The van der Waals surface area contributed by atoms with Gasteiger partial charge in [0.15, 0.2) is 0 Å². The van der Waals surface area contributed by atoms with E-state index in [4.69, 9.17) is 9.47 Å². The molecule has 7 nitrogen and oxygen atoms in total. The van der Waals surface area contributed by atoms with Crippen molar-refractivity contribution in [2.24, 2.45) is 0 Å². The summed E-state index contributed by atoms with van der Waals surface area (Å²) in [6.45, 7) is 2.19. The summed E-state index contributed by atoms with van der Waals surface area (Å²) in [5, 5.41) is 4.05. The molecule has 0 unspecified atom stereocenters. The Morgan fingerprint density at radius 2 is 1.89 bits per heavy atom. The highest BCUT2D eigenvalue weighted by Gasteiger charge is 2.37. The summed E-state index contributed by atoms with van der Waals surface area (Å²) in [4.78, 5) is 26.7. The SMILES string of the molecule is COCCn1ncc(C)c(N2C[C@@H](c3c(F)cc(OC)cc3F)CC2=O)c1=O. The molecule has 1 fully saturated rings. The first-order chi connectivity index (χ1) is 13.4. The fraction of sp³-hybridized carbons (Fsp3) is 0.421. The second-order valence-corrected chi connectivity index (χ2v) is 6.61. The zero-order valence-corrected chi connectivity index (χ0v) is 15.9. The van der Waals surface area contributed by atoms with Crippen LogP contribution in [-0.2, 0) is 16.1 Å². The number of rotatable bonds is 6. The summed E-state index contributed by atoms with van der Waals surface area (Å²) in [6.07, 6.45) is 1.39. The Morgan fingerprint density at radius 1 is 1.21 bits per heavy atom. The average molecular weight is 393 g/mol. The van der Waals surface area contributed by atoms with Crippen molar-refractivity contribution in [3.63, 3.8) is 0 Å². The van der Waals surface area contributed by atoms with Crippen LogP contribution in [0.4, 0.5) is 14.5 Å². The molecule has 1 amide bonds. The summed E-state index contributed by atoms with van der Waals surface area (Å²) < 4.78 is 39.9.